The Hall–Kier alpha value is -1.63. The lowest BCUT2D eigenvalue weighted by Crippen LogP contribution is -2.43. The van der Waals surface area contributed by atoms with Gasteiger partial charge in [-0.2, -0.15) is 0 Å². The number of carbonyl (C=O) groups is 3. The molecular weight excluding hydrogens is 254 g/mol. The number of hydrogen-bond donors (Lipinski definition) is 3. The Morgan fingerprint density at radius 2 is 1.58 bits per heavy atom. The average molecular weight is 275 g/mol. The molecule has 0 fully saturated rings. The molecular formula is C12H21NO6. The van der Waals surface area contributed by atoms with Crippen LogP contribution in [-0.4, -0.2) is 57.3 Å². The van der Waals surface area contributed by atoms with Gasteiger partial charge in [-0.25, -0.2) is 0 Å². The van der Waals surface area contributed by atoms with E-state index in [1.807, 2.05) is 6.92 Å². The molecule has 0 heterocycles. The maximum atomic E-state index is 11.2. The van der Waals surface area contributed by atoms with E-state index in [-0.39, 0.29) is 25.9 Å². The minimum atomic E-state index is -0.998. The smallest absolute Gasteiger partial charge is 0.320 e. The van der Waals surface area contributed by atoms with Gasteiger partial charge in [0.1, 0.15) is 6.04 Å². The average Bonchev–Trinajstić information content (AvgIpc) is 2.30. The van der Waals surface area contributed by atoms with Crippen molar-refractivity contribution in [2.75, 3.05) is 13.1 Å². The molecule has 19 heavy (non-hydrogen) atoms. The zero-order valence-electron chi connectivity index (χ0n) is 11.0. The predicted octanol–water partition coefficient (Wildman–Crippen LogP) is 0.881. The lowest BCUT2D eigenvalue weighted by atomic mass is 10.1. The topological polar surface area (TPSA) is 115 Å². The lowest BCUT2D eigenvalue weighted by molar-refractivity contribution is -0.145. The fourth-order valence-corrected chi connectivity index (χ4v) is 1.83. The Labute approximate surface area is 111 Å². The molecule has 0 radical (unpaired) electrons. The van der Waals surface area contributed by atoms with Crippen molar-refractivity contribution in [3.05, 3.63) is 0 Å². The molecule has 1 unspecified atom stereocenters. The van der Waals surface area contributed by atoms with Crippen molar-refractivity contribution in [1.29, 1.82) is 0 Å². The third kappa shape index (κ3) is 8.15. The maximum Gasteiger partial charge on any atom is 0.320 e. The first-order chi connectivity index (χ1) is 8.88. The van der Waals surface area contributed by atoms with Gasteiger partial charge in [0.2, 0.25) is 0 Å². The predicted molar refractivity (Wildman–Crippen MR) is 67.0 cm³/mol. The molecule has 0 rings (SSSR count). The van der Waals surface area contributed by atoms with E-state index in [9.17, 15) is 14.4 Å². The van der Waals surface area contributed by atoms with Crippen LogP contribution in [0.1, 0.15) is 39.0 Å². The van der Waals surface area contributed by atoms with Crippen molar-refractivity contribution in [3.8, 4) is 0 Å². The summed E-state index contributed by atoms with van der Waals surface area (Å²) in [4.78, 5) is 33.7. The van der Waals surface area contributed by atoms with Crippen LogP contribution in [0, 0.1) is 0 Å². The summed E-state index contributed by atoms with van der Waals surface area (Å²) >= 11 is 0. The number of carboxylic acids is 3. The van der Waals surface area contributed by atoms with Gasteiger partial charge in [-0.15, -0.1) is 0 Å². The first-order valence-corrected chi connectivity index (χ1v) is 6.28. The summed E-state index contributed by atoms with van der Waals surface area (Å²) in [5.41, 5.74) is 0. The molecule has 110 valence electrons. The van der Waals surface area contributed by atoms with E-state index in [2.05, 4.69) is 0 Å². The van der Waals surface area contributed by atoms with Crippen molar-refractivity contribution < 1.29 is 29.7 Å². The molecule has 0 saturated heterocycles. The van der Waals surface area contributed by atoms with Crippen molar-refractivity contribution in [2.45, 2.75) is 45.1 Å². The molecule has 7 nitrogen and oxygen atoms in total. The van der Waals surface area contributed by atoms with E-state index in [1.54, 1.807) is 4.90 Å². The van der Waals surface area contributed by atoms with Gasteiger partial charge in [0, 0.05) is 13.0 Å². The van der Waals surface area contributed by atoms with Gasteiger partial charge in [-0.3, -0.25) is 19.3 Å². The third-order valence-electron chi connectivity index (χ3n) is 2.74. The van der Waals surface area contributed by atoms with E-state index >= 15 is 0 Å². The number of nitrogens with zero attached hydrogens (tertiary/aromatic N) is 1. The van der Waals surface area contributed by atoms with E-state index in [0.717, 1.165) is 0 Å². The number of hydrogen-bond acceptors (Lipinski definition) is 4. The van der Waals surface area contributed by atoms with Gasteiger partial charge < -0.3 is 15.3 Å². The molecule has 0 aromatic rings. The van der Waals surface area contributed by atoms with Crippen LogP contribution in [0.4, 0.5) is 0 Å². The standard InChI is InChI=1S/C12H21NO6/c1-2-4-9(12(18)19)13(8-6-11(16)17)7-3-5-10(14)15/h9H,2-8H2,1H3,(H,14,15)(H,16,17)(H,18,19). The third-order valence-corrected chi connectivity index (χ3v) is 2.74. The Kier molecular flexibility index (Phi) is 8.52. The van der Waals surface area contributed by atoms with Crippen LogP contribution >= 0.6 is 0 Å². The molecule has 0 aliphatic carbocycles. The first-order valence-electron chi connectivity index (χ1n) is 6.28. The Morgan fingerprint density at radius 1 is 1.00 bits per heavy atom. The van der Waals surface area contributed by atoms with Crippen LogP contribution in [0.2, 0.25) is 0 Å². The van der Waals surface area contributed by atoms with Crippen LogP contribution in [0.25, 0.3) is 0 Å². The maximum absolute atomic E-state index is 11.2. The number of carboxylic acid groups (broad SMARTS) is 3. The SMILES string of the molecule is CCCC(C(=O)O)N(CCCC(=O)O)CCC(=O)O. The summed E-state index contributed by atoms with van der Waals surface area (Å²) < 4.78 is 0. The minimum absolute atomic E-state index is 0.0535. The van der Waals surface area contributed by atoms with Crippen molar-refractivity contribution >= 4 is 17.9 Å². The molecule has 0 aromatic heterocycles. The molecule has 0 aliphatic heterocycles. The molecule has 0 spiro atoms. The minimum Gasteiger partial charge on any atom is -0.481 e. The lowest BCUT2D eigenvalue weighted by Gasteiger charge is -2.28. The van der Waals surface area contributed by atoms with E-state index < -0.39 is 23.9 Å². The molecule has 3 N–H and O–H groups in total. The number of rotatable bonds is 11. The van der Waals surface area contributed by atoms with Crippen molar-refractivity contribution in [2.24, 2.45) is 0 Å². The number of aliphatic carboxylic acids is 3. The van der Waals surface area contributed by atoms with Crippen LogP contribution in [0.15, 0.2) is 0 Å². The normalized spacial score (nSPS) is 12.3. The first kappa shape index (κ1) is 17.4. The largest absolute Gasteiger partial charge is 0.481 e. The fraction of sp³-hybridized carbons (Fsp3) is 0.750. The van der Waals surface area contributed by atoms with E-state index in [0.29, 0.717) is 19.3 Å². The zero-order valence-corrected chi connectivity index (χ0v) is 11.0. The van der Waals surface area contributed by atoms with Gasteiger partial charge in [-0.05, 0) is 19.4 Å². The monoisotopic (exact) mass is 275 g/mol. The molecule has 0 bridgehead atoms. The summed E-state index contributed by atoms with van der Waals surface area (Å²) in [5.74, 6) is -2.94. The molecule has 1 atom stereocenters. The Balaban J connectivity index is 4.55. The summed E-state index contributed by atoms with van der Waals surface area (Å²) in [7, 11) is 0. The highest BCUT2D eigenvalue weighted by Crippen LogP contribution is 2.10. The van der Waals surface area contributed by atoms with Gasteiger partial charge in [0.25, 0.3) is 0 Å². The summed E-state index contributed by atoms with van der Waals surface area (Å²) in [6.45, 7) is 2.24. The molecule has 0 aliphatic rings. The second kappa shape index (κ2) is 9.32. The second-order valence-corrected chi connectivity index (χ2v) is 4.32. The van der Waals surface area contributed by atoms with E-state index in [4.69, 9.17) is 15.3 Å². The van der Waals surface area contributed by atoms with Gasteiger partial charge in [0.05, 0.1) is 6.42 Å². The molecule has 0 saturated carbocycles. The Bertz CT molecular complexity index is 317. The fourth-order valence-electron chi connectivity index (χ4n) is 1.83. The Morgan fingerprint density at radius 3 is 2.00 bits per heavy atom. The van der Waals surface area contributed by atoms with Crippen LogP contribution < -0.4 is 0 Å². The zero-order chi connectivity index (χ0) is 14.8. The summed E-state index contributed by atoms with van der Waals surface area (Å²) in [6, 6.07) is -0.752. The van der Waals surface area contributed by atoms with Crippen molar-refractivity contribution in [3.63, 3.8) is 0 Å². The summed E-state index contributed by atoms with van der Waals surface area (Å²) in [6.07, 6.45) is 1.19. The molecule has 7 heteroatoms. The van der Waals surface area contributed by atoms with Crippen LogP contribution in [-0.2, 0) is 14.4 Å². The molecule has 0 aromatic carbocycles. The highest BCUT2D eigenvalue weighted by molar-refractivity contribution is 5.73. The van der Waals surface area contributed by atoms with Crippen LogP contribution in [0.3, 0.4) is 0 Å². The second-order valence-electron chi connectivity index (χ2n) is 4.32. The van der Waals surface area contributed by atoms with Crippen molar-refractivity contribution in [1.82, 2.24) is 4.90 Å². The highest BCUT2D eigenvalue weighted by Gasteiger charge is 2.24. The van der Waals surface area contributed by atoms with Gasteiger partial charge in [0.15, 0.2) is 0 Å². The van der Waals surface area contributed by atoms with Gasteiger partial charge in [-0.1, -0.05) is 13.3 Å². The quantitative estimate of drug-likeness (QED) is 0.512. The molecule has 0 amide bonds. The highest BCUT2D eigenvalue weighted by atomic mass is 16.4. The van der Waals surface area contributed by atoms with Gasteiger partial charge >= 0.3 is 17.9 Å². The van der Waals surface area contributed by atoms with Crippen LogP contribution in [0.5, 0.6) is 0 Å². The van der Waals surface area contributed by atoms with E-state index in [1.165, 1.54) is 0 Å². The summed E-state index contributed by atoms with van der Waals surface area (Å²) in [5, 5.41) is 26.4.